The molecule has 0 spiro atoms. The predicted octanol–water partition coefficient (Wildman–Crippen LogP) is 1.28. The number of benzene rings is 1. The summed E-state index contributed by atoms with van der Waals surface area (Å²) in [5, 5.41) is 0. The van der Waals surface area contributed by atoms with E-state index in [4.69, 9.17) is 5.73 Å². The minimum absolute atomic E-state index is 0.123. The highest BCUT2D eigenvalue weighted by Crippen LogP contribution is 2.17. The molecule has 0 saturated carbocycles. The molecule has 1 saturated heterocycles. The summed E-state index contributed by atoms with van der Waals surface area (Å²) in [5.74, 6) is -0.0994. The molecule has 1 aromatic rings. The number of nitrogens with two attached hydrogens (primary N) is 1. The molecule has 20 heavy (non-hydrogen) atoms. The van der Waals surface area contributed by atoms with Crippen molar-refractivity contribution in [2.45, 2.75) is 18.8 Å². The minimum atomic E-state index is -0.222. The van der Waals surface area contributed by atoms with Crippen LogP contribution in [0.1, 0.15) is 24.3 Å². The summed E-state index contributed by atoms with van der Waals surface area (Å²) < 4.78 is 0. The van der Waals surface area contributed by atoms with Crippen LogP contribution >= 0.6 is 0 Å². The van der Waals surface area contributed by atoms with Crippen LogP contribution in [0.2, 0.25) is 0 Å². The molecule has 2 N–H and O–H groups in total. The zero-order valence-electron chi connectivity index (χ0n) is 12.3. The van der Waals surface area contributed by atoms with Crippen molar-refractivity contribution in [3.63, 3.8) is 0 Å². The maximum Gasteiger partial charge on any atom is 0.231 e. The topological polar surface area (TPSA) is 49.6 Å². The molecule has 2 rings (SSSR count). The Hall–Kier alpha value is -1.39. The highest BCUT2D eigenvalue weighted by molar-refractivity contribution is 5.83. The van der Waals surface area contributed by atoms with E-state index in [1.165, 1.54) is 25.9 Å². The van der Waals surface area contributed by atoms with E-state index in [1.807, 2.05) is 42.3 Å². The van der Waals surface area contributed by atoms with Crippen molar-refractivity contribution in [2.75, 3.05) is 39.8 Å². The number of nitrogens with zero attached hydrogens (tertiary/aromatic N) is 2. The first-order valence-electron chi connectivity index (χ1n) is 7.44. The average molecular weight is 275 g/mol. The lowest BCUT2D eigenvalue weighted by Crippen LogP contribution is -2.39. The number of carbonyl (C=O) groups excluding carboxylic acids is 1. The molecule has 0 bridgehead atoms. The minimum Gasteiger partial charge on any atom is -0.344 e. The number of likely N-dealkylation sites (N-methyl/N-ethyl adjacent to an activating group) is 1. The second kappa shape index (κ2) is 7.41. The summed E-state index contributed by atoms with van der Waals surface area (Å²) in [5.41, 5.74) is 6.81. The number of carbonyl (C=O) groups is 1. The fourth-order valence-electron chi connectivity index (χ4n) is 2.74. The number of likely N-dealkylation sites (tertiary alicyclic amines) is 1. The average Bonchev–Trinajstić information content (AvgIpc) is 3.00. The maximum absolute atomic E-state index is 12.5. The van der Waals surface area contributed by atoms with Crippen LogP contribution in [0.25, 0.3) is 0 Å². The molecule has 1 unspecified atom stereocenters. The first kappa shape index (κ1) is 15.0. The molecule has 4 heteroatoms. The molecule has 1 aliphatic heterocycles. The smallest absolute Gasteiger partial charge is 0.231 e. The lowest BCUT2D eigenvalue weighted by atomic mass is 9.98. The van der Waals surface area contributed by atoms with Crippen LogP contribution in [0, 0.1) is 0 Å². The van der Waals surface area contributed by atoms with Crippen molar-refractivity contribution >= 4 is 5.91 Å². The zero-order valence-corrected chi connectivity index (χ0v) is 12.3. The molecule has 1 fully saturated rings. The van der Waals surface area contributed by atoms with E-state index in [2.05, 4.69) is 4.90 Å². The Kier molecular flexibility index (Phi) is 5.56. The van der Waals surface area contributed by atoms with Crippen LogP contribution in [-0.4, -0.2) is 55.5 Å². The van der Waals surface area contributed by atoms with E-state index < -0.39 is 0 Å². The van der Waals surface area contributed by atoms with Gasteiger partial charge in [-0.25, -0.2) is 0 Å². The molecule has 1 aromatic carbocycles. The molecule has 1 amide bonds. The van der Waals surface area contributed by atoms with Crippen molar-refractivity contribution in [3.05, 3.63) is 35.9 Å². The summed E-state index contributed by atoms with van der Waals surface area (Å²) >= 11 is 0. The Balaban J connectivity index is 1.90. The van der Waals surface area contributed by atoms with Crippen LogP contribution in [0.5, 0.6) is 0 Å². The number of rotatable bonds is 6. The van der Waals surface area contributed by atoms with Gasteiger partial charge in [-0.15, -0.1) is 0 Å². The van der Waals surface area contributed by atoms with E-state index in [0.29, 0.717) is 6.54 Å². The maximum atomic E-state index is 12.5. The van der Waals surface area contributed by atoms with Gasteiger partial charge in [0.2, 0.25) is 5.91 Å². The third-order valence-electron chi connectivity index (χ3n) is 4.06. The molecule has 1 aliphatic rings. The van der Waals surface area contributed by atoms with Crippen molar-refractivity contribution in [1.29, 1.82) is 0 Å². The van der Waals surface area contributed by atoms with Gasteiger partial charge in [0.15, 0.2) is 0 Å². The molecular formula is C16H25N3O. The number of hydrogen-bond donors (Lipinski definition) is 1. The van der Waals surface area contributed by atoms with Crippen LogP contribution in [0.15, 0.2) is 30.3 Å². The third kappa shape index (κ3) is 3.81. The van der Waals surface area contributed by atoms with Gasteiger partial charge in [0, 0.05) is 26.7 Å². The summed E-state index contributed by atoms with van der Waals surface area (Å²) in [6.45, 7) is 4.44. The van der Waals surface area contributed by atoms with Gasteiger partial charge in [0.1, 0.15) is 0 Å². The standard InChI is InChI=1S/C16H25N3O/c1-18(11-12-19-9-5-6-10-19)16(20)15(13-17)14-7-3-2-4-8-14/h2-4,7-8,15H,5-6,9-13,17H2,1H3. The quantitative estimate of drug-likeness (QED) is 0.851. The van der Waals surface area contributed by atoms with Gasteiger partial charge in [0.05, 0.1) is 5.92 Å². The normalized spacial score (nSPS) is 17.1. The van der Waals surface area contributed by atoms with Gasteiger partial charge in [-0.05, 0) is 31.5 Å². The monoisotopic (exact) mass is 275 g/mol. The molecule has 1 heterocycles. The number of hydrogen-bond acceptors (Lipinski definition) is 3. The molecule has 0 aliphatic carbocycles. The summed E-state index contributed by atoms with van der Waals surface area (Å²) in [4.78, 5) is 16.7. The summed E-state index contributed by atoms with van der Waals surface area (Å²) in [6, 6.07) is 9.82. The lowest BCUT2D eigenvalue weighted by molar-refractivity contribution is -0.131. The van der Waals surface area contributed by atoms with E-state index in [-0.39, 0.29) is 11.8 Å². The van der Waals surface area contributed by atoms with Gasteiger partial charge >= 0.3 is 0 Å². The first-order chi connectivity index (χ1) is 9.72. The largest absolute Gasteiger partial charge is 0.344 e. The van der Waals surface area contributed by atoms with Crippen LogP contribution in [0.4, 0.5) is 0 Å². The molecule has 4 nitrogen and oxygen atoms in total. The highest BCUT2D eigenvalue weighted by atomic mass is 16.2. The van der Waals surface area contributed by atoms with Gasteiger partial charge in [-0.3, -0.25) is 4.79 Å². The fourth-order valence-corrected chi connectivity index (χ4v) is 2.74. The Labute approximate surface area is 121 Å². The van der Waals surface area contributed by atoms with Gasteiger partial charge in [-0.1, -0.05) is 30.3 Å². The van der Waals surface area contributed by atoms with Gasteiger partial charge in [0.25, 0.3) is 0 Å². The van der Waals surface area contributed by atoms with Gasteiger partial charge in [-0.2, -0.15) is 0 Å². The SMILES string of the molecule is CN(CCN1CCCC1)C(=O)C(CN)c1ccccc1. The van der Waals surface area contributed by atoms with Crippen LogP contribution in [-0.2, 0) is 4.79 Å². The first-order valence-corrected chi connectivity index (χ1v) is 7.44. The van der Waals surface area contributed by atoms with E-state index in [9.17, 15) is 4.79 Å². The van der Waals surface area contributed by atoms with E-state index in [1.54, 1.807) is 0 Å². The highest BCUT2D eigenvalue weighted by Gasteiger charge is 2.23. The zero-order chi connectivity index (χ0) is 14.4. The van der Waals surface area contributed by atoms with Crippen molar-refractivity contribution in [1.82, 2.24) is 9.80 Å². The predicted molar refractivity (Wildman–Crippen MR) is 81.5 cm³/mol. The molecule has 0 aromatic heterocycles. The second-order valence-corrected chi connectivity index (χ2v) is 5.51. The molecule has 1 atom stereocenters. The Bertz CT molecular complexity index is 415. The van der Waals surface area contributed by atoms with Crippen molar-refractivity contribution in [2.24, 2.45) is 5.73 Å². The van der Waals surface area contributed by atoms with Crippen molar-refractivity contribution < 1.29 is 4.79 Å². The van der Waals surface area contributed by atoms with E-state index in [0.717, 1.165) is 18.7 Å². The number of amides is 1. The van der Waals surface area contributed by atoms with Crippen LogP contribution < -0.4 is 5.73 Å². The van der Waals surface area contributed by atoms with Crippen molar-refractivity contribution in [3.8, 4) is 0 Å². The second-order valence-electron chi connectivity index (χ2n) is 5.51. The molecule has 110 valence electrons. The van der Waals surface area contributed by atoms with Gasteiger partial charge < -0.3 is 15.5 Å². The fraction of sp³-hybridized carbons (Fsp3) is 0.562. The summed E-state index contributed by atoms with van der Waals surface area (Å²) in [7, 11) is 1.88. The third-order valence-corrected chi connectivity index (χ3v) is 4.06. The molecular weight excluding hydrogens is 250 g/mol. The van der Waals surface area contributed by atoms with E-state index >= 15 is 0 Å². The molecule has 0 radical (unpaired) electrons. The Morgan fingerprint density at radius 1 is 1.30 bits per heavy atom. The van der Waals surface area contributed by atoms with Crippen LogP contribution in [0.3, 0.4) is 0 Å². The Morgan fingerprint density at radius 3 is 2.55 bits per heavy atom. The summed E-state index contributed by atoms with van der Waals surface area (Å²) in [6.07, 6.45) is 2.57. The lowest BCUT2D eigenvalue weighted by Gasteiger charge is -2.25. The Morgan fingerprint density at radius 2 is 1.95 bits per heavy atom.